The van der Waals surface area contributed by atoms with Crippen molar-refractivity contribution in [2.24, 2.45) is 0 Å². The molecule has 11 rings (SSSR count). The smallest absolute Gasteiger partial charge is 0.132 e. The van der Waals surface area contributed by atoms with Crippen LogP contribution in [-0.2, 0) is 10.8 Å². The van der Waals surface area contributed by atoms with E-state index in [0.717, 1.165) is 11.5 Å². The molecule has 0 amide bonds. The number of rotatable bonds is 2. The van der Waals surface area contributed by atoms with Gasteiger partial charge in [-0.3, -0.25) is 0 Å². The number of hydrogen-bond donors (Lipinski definition) is 0. The summed E-state index contributed by atoms with van der Waals surface area (Å²) in [6.45, 7) is 2.38. The number of benzene rings is 8. The van der Waals surface area contributed by atoms with Gasteiger partial charge in [0.1, 0.15) is 11.5 Å². The topological polar surface area (TPSA) is 9.23 Å². The van der Waals surface area contributed by atoms with Gasteiger partial charge in [-0.2, -0.15) is 0 Å². The number of fused-ring (bicyclic) bond motifs is 11. The molecular formula is C49H32O. The maximum Gasteiger partial charge on any atom is 0.132 e. The zero-order valence-electron chi connectivity index (χ0n) is 27.7. The lowest BCUT2D eigenvalue weighted by molar-refractivity contribution is 0.428. The minimum Gasteiger partial charge on any atom is -0.457 e. The highest BCUT2D eigenvalue weighted by molar-refractivity contribution is 6.08. The largest absolute Gasteiger partial charge is 0.457 e. The van der Waals surface area contributed by atoms with Gasteiger partial charge in [0.25, 0.3) is 0 Å². The summed E-state index contributed by atoms with van der Waals surface area (Å²) in [5.41, 5.74) is 15.7. The molecule has 50 heavy (non-hydrogen) atoms. The van der Waals surface area contributed by atoms with E-state index in [1.54, 1.807) is 0 Å². The van der Waals surface area contributed by atoms with Crippen LogP contribution in [0.25, 0.3) is 44.2 Å². The quantitative estimate of drug-likeness (QED) is 0.183. The van der Waals surface area contributed by atoms with Crippen LogP contribution in [0.2, 0.25) is 0 Å². The summed E-state index contributed by atoms with van der Waals surface area (Å²) < 4.78 is 6.82. The van der Waals surface area contributed by atoms with E-state index >= 15 is 0 Å². The standard InChI is InChI=1S/C49H32O/c1-48(32-17-3-2-4-18-32)41-27-9-10-29-43(41)50-44-30-14-24-38(47(44)48)37-23-13-22-36-34-20-6-8-26-40(34)49(46(36)37)39-25-7-5-19-33(39)35-21-11-15-31-16-12-28-42(49)45(31)35/h2-30H,1H3. The van der Waals surface area contributed by atoms with Gasteiger partial charge in [0.05, 0.1) is 10.8 Å². The van der Waals surface area contributed by atoms with E-state index < -0.39 is 10.8 Å². The second-order valence-electron chi connectivity index (χ2n) is 14.0. The van der Waals surface area contributed by atoms with Gasteiger partial charge in [0, 0.05) is 11.1 Å². The van der Waals surface area contributed by atoms with Gasteiger partial charge in [0.15, 0.2) is 0 Å². The average Bonchev–Trinajstić information content (AvgIpc) is 3.48. The van der Waals surface area contributed by atoms with Crippen LogP contribution < -0.4 is 4.74 Å². The Morgan fingerprint density at radius 3 is 1.60 bits per heavy atom. The fourth-order valence-corrected chi connectivity index (χ4v) is 9.86. The summed E-state index contributed by atoms with van der Waals surface area (Å²) in [5.74, 6) is 1.82. The molecule has 0 aromatic heterocycles. The molecule has 2 atom stereocenters. The molecule has 8 aromatic rings. The van der Waals surface area contributed by atoms with Gasteiger partial charge in [-0.25, -0.2) is 0 Å². The van der Waals surface area contributed by atoms with Crippen LogP contribution >= 0.6 is 0 Å². The van der Waals surface area contributed by atoms with Crippen molar-refractivity contribution in [3.05, 3.63) is 215 Å². The molecular weight excluding hydrogens is 605 g/mol. The van der Waals surface area contributed by atoms with Gasteiger partial charge < -0.3 is 4.74 Å². The molecule has 1 aliphatic heterocycles. The summed E-state index contributed by atoms with van der Waals surface area (Å²) in [5, 5.41) is 2.61. The minimum absolute atomic E-state index is 0.458. The van der Waals surface area contributed by atoms with Crippen molar-refractivity contribution in [2.45, 2.75) is 17.8 Å². The lowest BCUT2D eigenvalue weighted by Gasteiger charge is -2.42. The Hall–Kier alpha value is -6.18. The predicted octanol–water partition coefficient (Wildman–Crippen LogP) is 12.3. The van der Waals surface area contributed by atoms with E-state index in [2.05, 4.69) is 183 Å². The fraction of sp³-hybridized carbons (Fsp3) is 0.0612. The zero-order chi connectivity index (χ0) is 33.0. The van der Waals surface area contributed by atoms with Crippen LogP contribution in [0, 0.1) is 0 Å². The number of ether oxygens (including phenoxy) is 1. The van der Waals surface area contributed by atoms with Crippen LogP contribution in [0.3, 0.4) is 0 Å². The first-order valence-electron chi connectivity index (χ1n) is 17.5. The van der Waals surface area contributed by atoms with E-state index in [9.17, 15) is 0 Å². The Balaban J connectivity index is 1.31. The Kier molecular flexibility index (Phi) is 5.51. The molecule has 1 heteroatoms. The zero-order valence-corrected chi connectivity index (χ0v) is 27.7. The minimum atomic E-state index is -0.522. The molecule has 0 bridgehead atoms. The molecule has 2 unspecified atom stereocenters. The molecule has 0 N–H and O–H groups in total. The molecule has 8 aromatic carbocycles. The molecule has 234 valence electrons. The molecule has 0 saturated carbocycles. The van der Waals surface area contributed by atoms with E-state index in [1.165, 1.54) is 83.1 Å². The van der Waals surface area contributed by atoms with Crippen molar-refractivity contribution in [1.82, 2.24) is 0 Å². The maximum atomic E-state index is 6.82. The maximum absolute atomic E-state index is 6.82. The molecule has 0 radical (unpaired) electrons. The predicted molar refractivity (Wildman–Crippen MR) is 204 cm³/mol. The Morgan fingerprint density at radius 1 is 0.360 bits per heavy atom. The number of para-hydroxylation sites is 1. The Morgan fingerprint density at radius 2 is 0.840 bits per heavy atom. The van der Waals surface area contributed by atoms with Crippen LogP contribution in [0.5, 0.6) is 11.5 Å². The molecule has 0 fully saturated rings. The van der Waals surface area contributed by atoms with Crippen molar-refractivity contribution in [2.75, 3.05) is 0 Å². The summed E-state index contributed by atoms with van der Waals surface area (Å²) >= 11 is 0. The summed E-state index contributed by atoms with van der Waals surface area (Å²) in [6.07, 6.45) is 0. The van der Waals surface area contributed by atoms with Crippen molar-refractivity contribution >= 4 is 10.8 Å². The molecule has 3 aliphatic rings. The average molecular weight is 637 g/mol. The van der Waals surface area contributed by atoms with E-state index in [-0.39, 0.29) is 0 Å². The third-order valence-electron chi connectivity index (χ3n) is 11.8. The van der Waals surface area contributed by atoms with Gasteiger partial charge >= 0.3 is 0 Å². The van der Waals surface area contributed by atoms with Crippen molar-refractivity contribution < 1.29 is 4.74 Å². The van der Waals surface area contributed by atoms with Crippen molar-refractivity contribution in [1.29, 1.82) is 0 Å². The first-order chi connectivity index (χ1) is 24.7. The summed E-state index contributed by atoms with van der Waals surface area (Å²) in [7, 11) is 0. The summed E-state index contributed by atoms with van der Waals surface area (Å²) in [6, 6.07) is 65.0. The second-order valence-corrected chi connectivity index (χ2v) is 14.0. The van der Waals surface area contributed by atoms with Crippen molar-refractivity contribution in [3.8, 4) is 44.9 Å². The molecule has 1 spiro atoms. The first-order valence-corrected chi connectivity index (χ1v) is 17.5. The molecule has 0 saturated heterocycles. The lowest BCUT2D eigenvalue weighted by atomic mass is 9.60. The highest BCUT2D eigenvalue weighted by Gasteiger charge is 2.52. The first kappa shape index (κ1) is 27.7. The molecule has 1 heterocycles. The van der Waals surface area contributed by atoms with Gasteiger partial charge in [-0.05, 0) is 91.0 Å². The highest BCUT2D eigenvalue weighted by atomic mass is 16.5. The highest BCUT2D eigenvalue weighted by Crippen LogP contribution is 2.64. The second kappa shape index (κ2) is 9.94. The van der Waals surface area contributed by atoms with Crippen LogP contribution in [0.1, 0.15) is 45.9 Å². The lowest BCUT2D eigenvalue weighted by Crippen LogP contribution is -2.33. The van der Waals surface area contributed by atoms with Crippen molar-refractivity contribution in [3.63, 3.8) is 0 Å². The third-order valence-corrected chi connectivity index (χ3v) is 11.8. The van der Waals surface area contributed by atoms with E-state index in [4.69, 9.17) is 4.74 Å². The third kappa shape index (κ3) is 3.32. The van der Waals surface area contributed by atoms with Gasteiger partial charge in [-0.1, -0.05) is 164 Å². The summed E-state index contributed by atoms with van der Waals surface area (Å²) in [4.78, 5) is 0. The molecule has 2 aliphatic carbocycles. The normalized spacial score (nSPS) is 18.8. The fourth-order valence-electron chi connectivity index (χ4n) is 9.86. The Labute approximate surface area is 292 Å². The van der Waals surface area contributed by atoms with Crippen LogP contribution in [0.4, 0.5) is 0 Å². The Bertz CT molecular complexity index is 2700. The SMILES string of the molecule is CC1(c2ccccc2)c2ccccc2Oc2cccc(-c3cccc4c3C3(c5ccccc5-4)c4ccccc4-c4cccc5cccc3c45)c21. The van der Waals surface area contributed by atoms with E-state index in [1.807, 2.05) is 0 Å². The van der Waals surface area contributed by atoms with Gasteiger partial charge in [-0.15, -0.1) is 0 Å². The van der Waals surface area contributed by atoms with Gasteiger partial charge in [0.2, 0.25) is 0 Å². The number of hydrogen-bond acceptors (Lipinski definition) is 1. The monoisotopic (exact) mass is 636 g/mol. The van der Waals surface area contributed by atoms with E-state index in [0.29, 0.717) is 0 Å². The van der Waals surface area contributed by atoms with Crippen LogP contribution in [-0.4, -0.2) is 0 Å². The molecule has 1 nitrogen and oxygen atoms in total. The van der Waals surface area contributed by atoms with Crippen LogP contribution in [0.15, 0.2) is 176 Å².